The van der Waals surface area contributed by atoms with Crippen LogP contribution >= 0.6 is 33.2 Å². The lowest BCUT2D eigenvalue weighted by Crippen LogP contribution is -2.50. The van der Waals surface area contributed by atoms with Crippen molar-refractivity contribution in [1.29, 1.82) is 0 Å². The summed E-state index contributed by atoms with van der Waals surface area (Å²) in [6.45, 7) is 0. The lowest BCUT2D eigenvalue weighted by molar-refractivity contribution is 0.0279. The van der Waals surface area contributed by atoms with Crippen LogP contribution in [0.3, 0.4) is 0 Å². The minimum absolute atomic E-state index is 0.407. The number of ether oxygens (including phenoxy) is 1. The predicted molar refractivity (Wildman–Crippen MR) is 56.1 cm³/mol. The monoisotopic (exact) mass is 246 g/mol. The molecular weight excluding hydrogens is 235 g/mol. The second kappa shape index (κ2) is 4.05. The molecule has 1 aliphatic carbocycles. The third-order valence-electron chi connectivity index (χ3n) is 2.57. The molecule has 1 aliphatic rings. The number of hydrogen-bond donors (Lipinski definition) is 0. The molecule has 0 unspecified atom stereocenters. The zero-order valence-electron chi connectivity index (χ0n) is 7.08. The molecule has 0 bridgehead atoms. The summed E-state index contributed by atoms with van der Waals surface area (Å²) in [5, 5.41) is -0.407. The molecule has 0 atom stereocenters. The molecule has 1 nitrogen and oxygen atoms in total. The summed E-state index contributed by atoms with van der Waals surface area (Å²) >= 11 is 18.0. The Morgan fingerprint density at radius 3 is 1.83 bits per heavy atom. The van der Waals surface area contributed by atoms with Crippen molar-refractivity contribution in [3.63, 3.8) is 0 Å². The van der Waals surface area contributed by atoms with Gasteiger partial charge in [0.25, 0.3) is 0 Å². The van der Waals surface area contributed by atoms with E-state index in [1.165, 1.54) is 6.42 Å². The zero-order chi connectivity index (χ0) is 9.24. The molecule has 72 valence electrons. The zero-order valence-corrected chi connectivity index (χ0v) is 10.3. The summed E-state index contributed by atoms with van der Waals surface area (Å²) in [4.78, 5) is 0. The quantitative estimate of drug-likeness (QED) is 0.536. The fraction of sp³-hybridized carbons (Fsp3) is 1.00. The Kier molecular flexibility index (Phi) is 3.76. The van der Waals surface area contributed by atoms with Crippen molar-refractivity contribution in [2.45, 2.75) is 37.3 Å². The Morgan fingerprint density at radius 1 is 1.08 bits per heavy atom. The van der Waals surface area contributed by atoms with E-state index < -0.39 is 11.2 Å². The van der Waals surface area contributed by atoms with Crippen LogP contribution in [-0.4, -0.2) is 18.3 Å². The van der Waals surface area contributed by atoms with E-state index in [2.05, 4.69) is 0 Å². The molecule has 0 amide bonds. The van der Waals surface area contributed by atoms with Gasteiger partial charge in [0.1, 0.15) is 5.22 Å². The first kappa shape index (κ1) is 11.1. The Hall–Kier alpha value is 1.05. The van der Waals surface area contributed by atoms with Crippen LogP contribution in [0.1, 0.15) is 32.1 Å². The topological polar surface area (TPSA) is 9.23 Å². The van der Waals surface area contributed by atoms with E-state index in [4.69, 9.17) is 38.0 Å². The molecule has 1 rings (SSSR count). The second-order valence-electron chi connectivity index (χ2n) is 3.26. The van der Waals surface area contributed by atoms with Gasteiger partial charge in [-0.05, 0) is 12.8 Å². The molecule has 0 saturated heterocycles. The van der Waals surface area contributed by atoms with E-state index in [9.17, 15) is 0 Å². The van der Waals surface area contributed by atoms with Gasteiger partial charge in [-0.1, -0.05) is 19.3 Å². The summed E-state index contributed by atoms with van der Waals surface area (Å²) in [7, 11) is 1.65. The molecule has 0 aliphatic heterocycles. The highest BCUT2D eigenvalue weighted by atomic mass is 35.8. The first-order valence-electron chi connectivity index (χ1n) is 4.14. The lowest BCUT2D eigenvalue weighted by atomic mass is 9.97. The normalized spacial score (nSPS) is 24.0. The van der Waals surface area contributed by atoms with Gasteiger partial charge in [0.05, 0.1) is 0 Å². The van der Waals surface area contributed by atoms with Gasteiger partial charge >= 0.3 is 6.00 Å². The first-order chi connectivity index (χ1) is 5.52. The number of halogens is 3. The molecular formula is C7H13Cl3OSi. The highest BCUT2D eigenvalue weighted by Gasteiger charge is 2.52. The van der Waals surface area contributed by atoms with Gasteiger partial charge in [-0.3, -0.25) is 0 Å². The highest BCUT2D eigenvalue weighted by Crippen LogP contribution is 2.44. The highest BCUT2D eigenvalue weighted by molar-refractivity contribution is 7.65. The SMILES string of the molecule is COC1([Si](Cl)(Cl)Cl)CCCCC1. The molecule has 5 heteroatoms. The third-order valence-corrected chi connectivity index (χ3v) is 7.41. The Labute approximate surface area is 88.4 Å². The molecule has 12 heavy (non-hydrogen) atoms. The maximum Gasteiger partial charge on any atom is 0.372 e. The van der Waals surface area contributed by atoms with Gasteiger partial charge in [-0.2, -0.15) is 0 Å². The van der Waals surface area contributed by atoms with Crippen molar-refractivity contribution in [3.05, 3.63) is 0 Å². The number of methoxy groups -OCH3 is 1. The van der Waals surface area contributed by atoms with Crippen molar-refractivity contribution in [3.8, 4) is 0 Å². The van der Waals surface area contributed by atoms with Crippen molar-refractivity contribution < 1.29 is 4.74 Å². The Bertz CT molecular complexity index is 151. The maximum atomic E-state index is 6.01. The van der Waals surface area contributed by atoms with Crippen LogP contribution < -0.4 is 0 Å². The minimum atomic E-state index is -2.71. The van der Waals surface area contributed by atoms with Crippen molar-refractivity contribution in [2.24, 2.45) is 0 Å². The molecule has 0 N–H and O–H groups in total. The summed E-state index contributed by atoms with van der Waals surface area (Å²) in [6, 6.07) is -2.71. The molecule has 0 aromatic carbocycles. The third kappa shape index (κ3) is 2.10. The average molecular weight is 248 g/mol. The predicted octanol–water partition coefficient (Wildman–Crippen LogP) is 3.53. The van der Waals surface area contributed by atoms with E-state index >= 15 is 0 Å². The fourth-order valence-electron chi connectivity index (χ4n) is 1.73. The van der Waals surface area contributed by atoms with E-state index in [0.29, 0.717) is 0 Å². The second-order valence-corrected chi connectivity index (χ2v) is 12.0. The van der Waals surface area contributed by atoms with E-state index in [0.717, 1.165) is 25.7 Å². The Morgan fingerprint density at radius 2 is 1.58 bits per heavy atom. The lowest BCUT2D eigenvalue weighted by Gasteiger charge is -2.39. The van der Waals surface area contributed by atoms with Gasteiger partial charge < -0.3 is 4.74 Å². The van der Waals surface area contributed by atoms with Crippen molar-refractivity contribution in [1.82, 2.24) is 0 Å². The molecule has 0 aromatic rings. The van der Waals surface area contributed by atoms with E-state index in [1.54, 1.807) is 7.11 Å². The smallest absolute Gasteiger partial charge is 0.372 e. The molecule has 0 spiro atoms. The van der Waals surface area contributed by atoms with Gasteiger partial charge in [-0.15, -0.1) is 33.2 Å². The van der Waals surface area contributed by atoms with Crippen LogP contribution in [0.4, 0.5) is 0 Å². The molecule has 0 aromatic heterocycles. The van der Waals surface area contributed by atoms with Crippen LogP contribution in [0.15, 0.2) is 0 Å². The van der Waals surface area contributed by atoms with Crippen LogP contribution in [0, 0.1) is 0 Å². The molecule has 1 fully saturated rings. The summed E-state index contributed by atoms with van der Waals surface area (Å²) in [6.07, 6.45) is 5.29. The summed E-state index contributed by atoms with van der Waals surface area (Å²) in [5.41, 5.74) is 0. The van der Waals surface area contributed by atoms with Crippen LogP contribution in [0.2, 0.25) is 0 Å². The van der Waals surface area contributed by atoms with Crippen molar-refractivity contribution in [2.75, 3.05) is 7.11 Å². The van der Waals surface area contributed by atoms with Crippen LogP contribution in [0.25, 0.3) is 0 Å². The number of hydrogen-bond acceptors (Lipinski definition) is 1. The number of rotatable bonds is 2. The van der Waals surface area contributed by atoms with Crippen LogP contribution in [-0.2, 0) is 4.74 Å². The van der Waals surface area contributed by atoms with Gasteiger partial charge in [-0.25, -0.2) is 0 Å². The van der Waals surface area contributed by atoms with Gasteiger partial charge in [0, 0.05) is 7.11 Å². The Balaban J connectivity index is 2.73. The van der Waals surface area contributed by atoms with E-state index in [1.807, 2.05) is 0 Å². The molecule has 1 saturated carbocycles. The van der Waals surface area contributed by atoms with E-state index in [-0.39, 0.29) is 0 Å². The van der Waals surface area contributed by atoms with Gasteiger partial charge in [0.15, 0.2) is 0 Å². The fourth-order valence-corrected chi connectivity index (χ4v) is 5.27. The van der Waals surface area contributed by atoms with Crippen molar-refractivity contribution >= 4 is 39.2 Å². The molecule has 0 radical (unpaired) electrons. The average Bonchev–Trinajstić information content (AvgIpc) is 2.04. The standard InChI is InChI=1S/C7H13Cl3OSi/c1-11-7(12(8,9)10)5-3-2-4-6-7/h2-6H2,1H3. The van der Waals surface area contributed by atoms with Gasteiger partial charge in [0.2, 0.25) is 0 Å². The van der Waals surface area contributed by atoms with Crippen LogP contribution in [0.5, 0.6) is 0 Å². The minimum Gasteiger partial charge on any atom is -0.377 e. The first-order valence-corrected chi connectivity index (χ1v) is 9.17. The maximum absolute atomic E-state index is 6.01. The molecule has 0 heterocycles. The summed E-state index contributed by atoms with van der Waals surface area (Å²) in [5.74, 6) is 0. The summed E-state index contributed by atoms with van der Waals surface area (Å²) < 4.78 is 5.41. The largest absolute Gasteiger partial charge is 0.377 e.